The van der Waals surface area contributed by atoms with Gasteiger partial charge in [-0.05, 0) is 86.4 Å². The number of nitrogens with zero attached hydrogens (tertiary/aromatic N) is 1. The first kappa shape index (κ1) is 20.1. The van der Waals surface area contributed by atoms with E-state index in [2.05, 4.69) is 28.9 Å². The number of carboxylic acid groups (broad SMARTS) is 1. The Morgan fingerprint density at radius 1 is 1.16 bits per heavy atom. The smallest absolute Gasteiger partial charge is 0.335 e. The van der Waals surface area contributed by atoms with Gasteiger partial charge in [-0.25, -0.2) is 4.79 Å². The largest absolute Gasteiger partial charge is 0.496 e. The van der Waals surface area contributed by atoms with Crippen LogP contribution in [0.3, 0.4) is 0 Å². The van der Waals surface area contributed by atoms with Crippen LogP contribution in [0.25, 0.3) is 10.9 Å². The quantitative estimate of drug-likeness (QED) is 0.551. The maximum absolute atomic E-state index is 11.3. The van der Waals surface area contributed by atoms with Crippen LogP contribution < -0.4 is 4.74 Å². The Labute approximate surface area is 183 Å². The number of carboxylic acids is 1. The highest BCUT2D eigenvalue weighted by atomic mass is 16.5. The van der Waals surface area contributed by atoms with Crippen molar-refractivity contribution in [3.63, 3.8) is 0 Å². The summed E-state index contributed by atoms with van der Waals surface area (Å²) in [6.07, 6.45) is 7.11. The first-order chi connectivity index (χ1) is 15.0. The lowest BCUT2D eigenvalue weighted by Crippen LogP contribution is -2.37. The minimum Gasteiger partial charge on any atom is -0.496 e. The fraction of sp³-hybridized carbons (Fsp3) is 0.423. The van der Waals surface area contributed by atoms with Gasteiger partial charge < -0.3 is 14.8 Å². The maximum Gasteiger partial charge on any atom is 0.335 e. The number of aryl methyl sites for hydroxylation is 1. The number of piperidine rings is 1. The molecule has 0 bridgehead atoms. The number of likely N-dealkylation sites (tertiary alicyclic amines) is 1. The molecule has 2 aromatic carbocycles. The Balaban J connectivity index is 1.49. The standard InChI is InChI=1S/C26H30N2O3/c1-16-13-24(31-2)22(21-9-11-27-25(16)21)15-28-12-10-20(17-3-4-17)14-23(28)18-5-7-19(8-6-18)26(29)30/h5-9,11,13,17,20,23,27H,3-4,10,12,14-15H2,1-2H3,(H,29,30)/t20?,23-/m0/s1. The second kappa shape index (κ2) is 8.04. The topological polar surface area (TPSA) is 65.6 Å². The molecule has 1 aromatic heterocycles. The summed E-state index contributed by atoms with van der Waals surface area (Å²) in [6, 6.07) is 12.1. The Hall–Kier alpha value is -2.79. The molecular formula is C26H30N2O3. The number of benzene rings is 2. The molecule has 5 rings (SSSR count). The molecule has 5 nitrogen and oxygen atoms in total. The second-order valence-corrected chi connectivity index (χ2v) is 9.18. The van der Waals surface area contributed by atoms with Crippen LogP contribution in [0.5, 0.6) is 5.75 Å². The number of rotatable bonds is 6. The van der Waals surface area contributed by atoms with Crippen molar-refractivity contribution in [2.75, 3.05) is 13.7 Å². The molecular weight excluding hydrogens is 388 g/mol. The summed E-state index contributed by atoms with van der Waals surface area (Å²) in [5.41, 5.74) is 5.15. The molecule has 162 valence electrons. The highest BCUT2D eigenvalue weighted by Crippen LogP contribution is 2.47. The van der Waals surface area contributed by atoms with Crippen molar-refractivity contribution in [1.29, 1.82) is 0 Å². The molecule has 1 saturated heterocycles. The number of H-pyrrole nitrogens is 1. The van der Waals surface area contributed by atoms with E-state index in [1.54, 1.807) is 19.2 Å². The van der Waals surface area contributed by atoms with Crippen molar-refractivity contribution >= 4 is 16.9 Å². The van der Waals surface area contributed by atoms with E-state index < -0.39 is 5.97 Å². The van der Waals surface area contributed by atoms with Gasteiger partial charge in [0.1, 0.15) is 5.75 Å². The summed E-state index contributed by atoms with van der Waals surface area (Å²) in [4.78, 5) is 17.3. The van der Waals surface area contributed by atoms with Crippen LogP contribution in [0.15, 0.2) is 42.6 Å². The molecule has 2 atom stereocenters. The van der Waals surface area contributed by atoms with Gasteiger partial charge in [-0.1, -0.05) is 12.1 Å². The van der Waals surface area contributed by atoms with Crippen LogP contribution in [-0.2, 0) is 6.54 Å². The summed E-state index contributed by atoms with van der Waals surface area (Å²) in [6.45, 7) is 3.98. The fourth-order valence-electron chi connectivity index (χ4n) is 5.41. The van der Waals surface area contributed by atoms with Crippen LogP contribution in [0.4, 0.5) is 0 Å². The molecule has 2 heterocycles. The van der Waals surface area contributed by atoms with Gasteiger partial charge in [0, 0.05) is 35.2 Å². The summed E-state index contributed by atoms with van der Waals surface area (Å²) in [5.74, 6) is 1.72. The van der Waals surface area contributed by atoms with Gasteiger partial charge in [0.2, 0.25) is 0 Å². The number of aromatic amines is 1. The van der Waals surface area contributed by atoms with Crippen LogP contribution in [-0.4, -0.2) is 34.6 Å². The highest BCUT2D eigenvalue weighted by Gasteiger charge is 2.38. The molecule has 2 N–H and O–H groups in total. The molecule has 0 amide bonds. The van der Waals surface area contributed by atoms with Gasteiger partial charge in [0.15, 0.2) is 0 Å². The van der Waals surface area contributed by atoms with E-state index in [4.69, 9.17) is 4.74 Å². The molecule has 31 heavy (non-hydrogen) atoms. The number of methoxy groups -OCH3 is 1. The third-order valence-electron chi connectivity index (χ3n) is 7.28. The molecule has 5 heteroatoms. The van der Waals surface area contributed by atoms with E-state index in [-0.39, 0.29) is 0 Å². The van der Waals surface area contributed by atoms with Crippen LogP contribution in [0, 0.1) is 18.8 Å². The number of nitrogens with one attached hydrogen (secondary N) is 1. The molecule has 1 unspecified atom stereocenters. The summed E-state index contributed by atoms with van der Waals surface area (Å²) in [5, 5.41) is 10.5. The minimum atomic E-state index is -0.873. The number of carbonyl (C=O) groups is 1. The zero-order valence-corrected chi connectivity index (χ0v) is 18.2. The van der Waals surface area contributed by atoms with E-state index in [9.17, 15) is 9.90 Å². The van der Waals surface area contributed by atoms with Crippen molar-refractivity contribution in [1.82, 2.24) is 9.88 Å². The Morgan fingerprint density at radius 2 is 1.94 bits per heavy atom. The second-order valence-electron chi connectivity index (χ2n) is 9.18. The predicted octanol–water partition coefficient (Wildman–Crippen LogP) is 5.55. The van der Waals surface area contributed by atoms with Crippen molar-refractivity contribution < 1.29 is 14.6 Å². The molecule has 1 aliphatic carbocycles. The normalized spacial score (nSPS) is 22.0. The Kier molecular flexibility index (Phi) is 5.22. The Bertz CT molecular complexity index is 1100. The minimum absolute atomic E-state index is 0.294. The molecule has 0 radical (unpaired) electrons. The number of hydrogen-bond acceptors (Lipinski definition) is 3. The first-order valence-corrected chi connectivity index (χ1v) is 11.3. The van der Waals surface area contributed by atoms with Crippen LogP contribution in [0.1, 0.15) is 58.8 Å². The van der Waals surface area contributed by atoms with Gasteiger partial charge >= 0.3 is 5.97 Å². The number of aromatic carboxylic acids is 1. The van der Waals surface area contributed by atoms with E-state index in [1.807, 2.05) is 18.3 Å². The lowest BCUT2D eigenvalue weighted by Gasteiger charge is -2.40. The molecule has 2 fully saturated rings. The van der Waals surface area contributed by atoms with Crippen molar-refractivity contribution in [3.8, 4) is 5.75 Å². The lowest BCUT2D eigenvalue weighted by molar-refractivity contribution is 0.0696. The zero-order chi connectivity index (χ0) is 21.5. The molecule has 2 aliphatic rings. The van der Waals surface area contributed by atoms with E-state index in [0.717, 1.165) is 37.1 Å². The molecule has 1 aliphatic heterocycles. The highest BCUT2D eigenvalue weighted by molar-refractivity contribution is 5.88. The van der Waals surface area contributed by atoms with Gasteiger partial charge in [0.05, 0.1) is 12.7 Å². The number of hydrogen-bond donors (Lipinski definition) is 2. The Morgan fingerprint density at radius 3 is 2.61 bits per heavy atom. The van der Waals surface area contributed by atoms with E-state index >= 15 is 0 Å². The maximum atomic E-state index is 11.3. The van der Waals surface area contributed by atoms with E-state index in [0.29, 0.717) is 11.6 Å². The van der Waals surface area contributed by atoms with Crippen LogP contribution >= 0.6 is 0 Å². The third-order valence-corrected chi connectivity index (χ3v) is 7.28. The lowest BCUT2D eigenvalue weighted by atomic mass is 9.83. The average molecular weight is 419 g/mol. The van der Waals surface area contributed by atoms with Gasteiger partial charge in [-0.15, -0.1) is 0 Å². The monoisotopic (exact) mass is 418 g/mol. The predicted molar refractivity (Wildman–Crippen MR) is 122 cm³/mol. The van der Waals surface area contributed by atoms with E-state index in [1.165, 1.54) is 46.9 Å². The number of aromatic nitrogens is 1. The van der Waals surface area contributed by atoms with Crippen molar-refractivity contribution in [2.24, 2.45) is 11.8 Å². The zero-order valence-electron chi connectivity index (χ0n) is 18.2. The number of ether oxygens (including phenoxy) is 1. The first-order valence-electron chi connectivity index (χ1n) is 11.3. The fourth-order valence-corrected chi connectivity index (χ4v) is 5.41. The summed E-state index contributed by atoms with van der Waals surface area (Å²) >= 11 is 0. The number of fused-ring (bicyclic) bond motifs is 1. The van der Waals surface area contributed by atoms with Crippen molar-refractivity contribution in [3.05, 3.63) is 64.8 Å². The SMILES string of the molecule is COc1cc(C)c2[nH]ccc2c1CN1CCC(C2CC2)C[C@H]1c1ccc(C(=O)O)cc1. The molecule has 3 aromatic rings. The summed E-state index contributed by atoms with van der Waals surface area (Å²) < 4.78 is 5.79. The third kappa shape index (κ3) is 3.83. The van der Waals surface area contributed by atoms with Gasteiger partial charge in [0.25, 0.3) is 0 Å². The van der Waals surface area contributed by atoms with Gasteiger partial charge in [-0.3, -0.25) is 4.90 Å². The van der Waals surface area contributed by atoms with Gasteiger partial charge in [-0.2, -0.15) is 0 Å². The average Bonchev–Trinajstić information content (AvgIpc) is 3.51. The molecule has 1 saturated carbocycles. The summed E-state index contributed by atoms with van der Waals surface area (Å²) in [7, 11) is 1.75. The van der Waals surface area contributed by atoms with Crippen molar-refractivity contribution in [2.45, 2.75) is 45.2 Å². The molecule has 0 spiro atoms. The van der Waals surface area contributed by atoms with Crippen LogP contribution in [0.2, 0.25) is 0 Å².